The molecule has 0 aromatic rings. The van der Waals surface area contributed by atoms with Crippen LogP contribution in [0.4, 0.5) is 0 Å². The van der Waals surface area contributed by atoms with Crippen molar-refractivity contribution in [1.82, 2.24) is 0 Å². The van der Waals surface area contributed by atoms with E-state index in [1.54, 1.807) is 0 Å². The second-order valence-corrected chi connectivity index (χ2v) is 11.2. The lowest BCUT2D eigenvalue weighted by Crippen LogP contribution is -2.00. The quantitative estimate of drug-likeness (QED) is 0.336. The fourth-order valence-corrected chi connectivity index (χ4v) is 1.37. The first kappa shape index (κ1) is 40.4. The van der Waals surface area contributed by atoms with Crippen LogP contribution in [0, 0.1) is 29.1 Å². The van der Waals surface area contributed by atoms with Crippen LogP contribution in [-0.2, 0) is 0 Å². The Morgan fingerprint density at radius 2 is 0.833 bits per heavy atom. The van der Waals surface area contributed by atoms with Gasteiger partial charge >= 0.3 is 0 Å². The van der Waals surface area contributed by atoms with Crippen LogP contribution < -0.4 is 0 Å². The van der Waals surface area contributed by atoms with E-state index < -0.39 is 0 Å². The van der Waals surface area contributed by atoms with Crippen molar-refractivity contribution in [1.29, 1.82) is 0 Å². The number of rotatable bonds is 8. The third kappa shape index (κ3) is 70.6. The van der Waals surface area contributed by atoms with Gasteiger partial charge in [0, 0.05) is 0 Å². The van der Waals surface area contributed by atoms with Gasteiger partial charge in [-0.2, -0.15) is 0 Å². The zero-order chi connectivity index (χ0) is 25.2. The zero-order valence-electron chi connectivity index (χ0n) is 25.2. The van der Waals surface area contributed by atoms with Gasteiger partial charge in [-0.15, -0.1) is 0 Å². The van der Waals surface area contributed by atoms with Crippen LogP contribution in [-0.4, -0.2) is 0 Å². The van der Waals surface area contributed by atoms with E-state index >= 15 is 0 Å². The molecule has 0 saturated heterocycles. The Morgan fingerprint density at radius 1 is 0.533 bits per heavy atom. The topological polar surface area (TPSA) is 0 Å². The molecule has 190 valence electrons. The Bertz CT molecular complexity index is 227. The van der Waals surface area contributed by atoms with Crippen LogP contribution >= 0.6 is 0 Å². The van der Waals surface area contributed by atoms with E-state index in [4.69, 9.17) is 0 Å². The lowest BCUT2D eigenvalue weighted by Gasteiger charge is -2.12. The van der Waals surface area contributed by atoms with Gasteiger partial charge in [-0.3, -0.25) is 0 Å². The van der Waals surface area contributed by atoms with Gasteiger partial charge in [-0.1, -0.05) is 169 Å². The molecule has 0 N–H and O–H groups in total. The van der Waals surface area contributed by atoms with Crippen LogP contribution in [0.1, 0.15) is 169 Å². The van der Waals surface area contributed by atoms with E-state index in [2.05, 4.69) is 111 Å². The molecule has 0 atom stereocenters. The molecule has 30 heavy (non-hydrogen) atoms. The molecule has 0 aromatic carbocycles. The van der Waals surface area contributed by atoms with Crippen molar-refractivity contribution in [3.63, 3.8) is 0 Å². The zero-order valence-corrected chi connectivity index (χ0v) is 25.2. The lowest BCUT2D eigenvalue weighted by atomic mass is 9.94. The summed E-state index contributed by atoms with van der Waals surface area (Å²) < 4.78 is 0. The van der Waals surface area contributed by atoms with Crippen molar-refractivity contribution < 1.29 is 0 Å². The van der Waals surface area contributed by atoms with Crippen molar-refractivity contribution in [2.75, 3.05) is 0 Å². The summed E-state index contributed by atoms with van der Waals surface area (Å²) in [5.74, 6) is 3.54. The third-order valence-electron chi connectivity index (χ3n) is 5.61. The largest absolute Gasteiger partial charge is 0.0654 e. The van der Waals surface area contributed by atoms with Crippen molar-refractivity contribution in [2.45, 2.75) is 169 Å². The second-order valence-electron chi connectivity index (χ2n) is 11.2. The molecule has 0 aliphatic carbocycles. The number of unbranched alkanes of at least 4 members (excludes halogenated alkanes) is 3. The first-order valence-electron chi connectivity index (χ1n) is 13.7. The fourth-order valence-electron chi connectivity index (χ4n) is 1.37. The van der Waals surface area contributed by atoms with Crippen LogP contribution in [0.5, 0.6) is 0 Å². The van der Waals surface area contributed by atoms with Crippen molar-refractivity contribution in [2.24, 2.45) is 29.1 Å². The Morgan fingerprint density at radius 3 is 0.867 bits per heavy atom. The van der Waals surface area contributed by atoms with Gasteiger partial charge in [0.1, 0.15) is 0 Å². The van der Waals surface area contributed by atoms with Crippen LogP contribution in [0.15, 0.2) is 0 Å². The van der Waals surface area contributed by atoms with Crippen molar-refractivity contribution in [3.8, 4) is 0 Å². The van der Waals surface area contributed by atoms with E-state index in [0.29, 0.717) is 5.41 Å². The van der Waals surface area contributed by atoms with Gasteiger partial charge in [0.25, 0.3) is 0 Å². The summed E-state index contributed by atoms with van der Waals surface area (Å²) in [5, 5.41) is 0. The molecule has 0 unspecified atom stereocenters. The highest BCUT2D eigenvalue weighted by Crippen LogP contribution is 2.16. The van der Waals surface area contributed by atoms with Gasteiger partial charge in [-0.05, 0) is 29.1 Å². The fraction of sp³-hybridized carbons (Fsp3) is 1.00. The van der Waals surface area contributed by atoms with Crippen molar-refractivity contribution in [3.05, 3.63) is 0 Å². The molecule has 0 heteroatoms. The average Bonchev–Trinajstić information content (AvgIpc) is 2.66. The first-order valence-corrected chi connectivity index (χ1v) is 13.7. The molecule has 0 heterocycles. The van der Waals surface area contributed by atoms with E-state index in [1.165, 1.54) is 57.8 Å². The van der Waals surface area contributed by atoms with Crippen LogP contribution in [0.3, 0.4) is 0 Å². The highest BCUT2D eigenvalue weighted by Gasteiger charge is 2.03. The maximum atomic E-state index is 2.28. The highest BCUT2D eigenvalue weighted by molar-refractivity contribution is 4.55. The molecule has 0 aliphatic rings. The van der Waals surface area contributed by atoms with Gasteiger partial charge in [0.05, 0.1) is 0 Å². The molecule has 0 nitrogen and oxygen atoms in total. The third-order valence-corrected chi connectivity index (χ3v) is 5.61. The summed E-state index contributed by atoms with van der Waals surface area (Å²) in [6.07, 6.45) is 12.2. The Hall–Kier alpha value is 0. The lowest BCUT2D eigenvalue weighted by molar-refractivity contribution is 0.398. The van der Waals surface area contributed by atoms with Gasteiger partial charge in [0.15, 0.2) is 0 Å². The summed E-state index contributed by atoms with van der Waals surface area (Å²) >= 11 is 0. The summed E-state index contributed by atoms with van der Waals surface area (Å²) in [5.41, 5.74) is 0.542. The maximum Gasteiger partial charge on any atom is -0.0385 e. The monoisotopic (exact) mass is 431 g/mol. The molecular weight excluding hydrogens is 360 g/mol. The number of hydrogen-bond donors (Lipinski definition) is 0. The SMILES string of the molecule is CC(C)C(C)C.CCC(C)(C)C.CCC(C)CC.CCCC(C)C.CCCCCC. The van der Waals surface area contributed by atoms with Gasteiger partial charge in [-0.25, -0.2) is 0 Å². The molecule has 0 rings (SSSR count). The summed E-state index contributed by atoms with van der Waals surface area (Å²) in [6.45, 7) is 35.8. The smallest absolute Gasteiger partial charge is 0.0385 e. The highest BCUT2D eigenvalue weighted by atomic mass is 14.1. The summed E-state index contributed by atoms with van der Waals surface area (Å²) in [6, 6.07) is 0. The Balaban J connectivity index is -0.0000000868. The molecule has 0 amide bonds. The maximum absolute atomic E-state index is 2.28. The Kier molecular flexibility index (Phi) is 42.0. The molecule has 0 fully saturated rings. The van der Waals surface area contributed by atoms with Gasteiger partial charge in [0.2, 0.25) is 0 Å². The minimum atomic E-state index is 0.542. The first-order chi connectivity index (χ1) is 13.7. The molecule has 0 bridgehead atoms. The molecule has 0 aromatic heterocycles. The van der Waals surface area contributed by atoms with E-state index in [-0.39, 0.29) is 0 Å². The summed E-state index contributed by atoms with van der Waals surface area (Å²) in [7, 11) is 0. The molecule has 0 spiro atoms. The van der Waals surface area contributed by atoms with Crippen molar-refractivity contribution >= 4 is 0 Å². The van der Waals surface area contributed by atoms with E-state index in [9.17, 15) is 0 Å². The van der Waals surface area contributed by atoms with Crippen LogP contribution in [0.25, 0.3) is 0 Å². The standard InChI is InChI=1S/5C6H14/c1-5-6(2,3)4;1-5(2)6(3)4;1-4-5-6(2)3;1-4-6(3)5-2;1-3-5-6-4-2/h5H2,1-4H3;5-6H,1-4H3;2*6H,4-5H2,1-3H3;3-6H2,1-2H3. The summed E-state index contributed by atoms with van der Waals surface area (Å²) in [4.78, 5) is 0. The van der Waals surface area contributed by atoms with E-state index in [1.807, 2.05) is 0 Å². The normalized spacial score (nSPS) is 10.4. The Labute approximate surface area is 197 Å². The second kappa shape index (κ2) is 31.2. The molecule has 0 aliphatic heterocycles. The minimum Gasteiger partial charge on any atom is -0.0654 e. The van der Waals surface area contributed by atoms with Gasteiger partial charge < -0.3 is 0 Å². The predicted molar refractivity (Wildman–Crippen MR) is 149 cm³/mol. The molecule has 0 saturated carbocycles. The average molecular weight is 431 g/mol. The molecular formula is C30H70. The van der Waals surface area contributed by atoms with Crippen LogP contribution in [0.2, 0.25) is 0 Å². The minimum absolute atomic E-state index is 0.542. The predicted octanol–water partition coefficient (Wildman–Crippen LogP) is 12.2. The molecule has 0 radical (unpaired) electrons. The van der Waals surface area contributed by atoms with E-state index in [0.717, 1.165) is 23.7 Å². The number of hydrogen-bond acceptors (Lipinski definition) is 0.